The predicted molar refractivity (Wildman–Crippen MR) is 140 cm³/mol. The molecule has 0 aliphatic rings. The quantitative estimate of drug-likeness (QED) is 0.124. The van der Waals surface area contributed by atoms with Gasteiger partial charge in [-0.25, -0.2) is 0 Å². The number of unbranched alkanes of at least 4 members (excludes halogenated alkanes) is 2. The van der Waals surface area contributed by atoms with Crippen molar-refractivity contribution >= 4 is 71.4 Å². The summed E-state index contributed by atoms with van der Waals surface area (Å²) in [6.07, 6.45) is 5.12. The average molecular weight is 545 g/mol. The summed E-state index contributed by atoms with van der Waals surface area (Å²) in [5, 5.41) is 8.40. The van der Waals surface area contributed by atoms with Crippen LogP contribution in [0.1, 0.15) is 38.2 Å². The highest BCUT2D eigenvalue weighted by Crippen LogP contribution is 2.30. The molecule has 35 heavy (non-hydrogen) atoms. The first-order valence-electron chi connectivity index (χ1n) is 10.9. The van der Waals surface area contributed by atoms with Crippen molar-refractivity contribution in [1.82, 2.24) is 15.5 Å². The lowest BCUT2D eigenvalue weighted by atomic mass is 10.2. The molecular formula is C23H30Cl2N4O5S. The summed E-state index contributed by atoms with van der Waals surface area (Å²) in [6, 6.07) is 2.24. The maximum absolute atomic E-state index is 12.3. The number of hydrogen-bond acceptors (Lipinski definition) is 6. The molecule has 4 amide bonds. The first kappa shape index (κ1) is 30.5. The molecular weight excluding hydrogens is 515 g/mol. The van der Waals surface area contributed by atoms with Gasteiger partial charge in [-0.15, -0.1) is 0 Å². The number of aldehydes is 1. The van der Waals surface area contributed by atoms with Crippen LogP contribution in [0.2, 0.25) is 10.0 Å². The largest absolute Gasteiger partial charge is 0.347 e. The van der Waals surface area contributed by atoms with E-state index in [1.165, 1.54) is 17.9 Å². The monoisotopic (exact) mass is 544 g/mol. The van der Waals surface area contributed by atoms with Gasteiger partial charge in [-0.3, -0.25) is 24.0 Å². The molecule has 1 aromatic rings. The Hall–Kier alpha value is -2.56. The van der Waals surface area contributed by atoms with Crippen LogP contribution in [0.5, 0.6) is 0 Å². The normalized spacial score (nSPS) is 11.6. The topological polar surface area (TPSA) is 125 Å². The van der Waals surface area contributed by atoms with Gasteiger partial charge in [-0.1, -0.05) is 29.6 Å². The molecule has 192 valence electrons. The molecule has 9 nitrogen and oxygen atoms in total. The third-order valence-corrected chi connectivity index (χ3v) is 5.87. The summed E-state index contributed by atoms with van der Waals surface area (Å²) >= 11 is 16.4. The minimum atomic E-state index is -0.859. The molecule has 1 rings (SSSR count). The number of carbonyl (C=O) groups excluding carboxylic acids is 5. The molecule has 0 aliphatic carbocycles. The van der Waals surface area contributed by atoms with E-state index in [2.05, 4.69) is 28.6 Å². The van der Waals surface area contributed by atoms with Gasteiger partial charge in [0.2, 0.25) is 23.6 Å². The Morgan fingerprint density at radius 1 is 1.09 bits per heavy atom. The number of likely N-dealkylation sites (N-methyl/N-ethyl adjacent to an activating group) is 1. The SMILES string of the molecule is CC(NC(=O)CNC(=O)CCCCCN(C)C(=O)/C=C\C=O)C(=O)Nc1cc(Cl)c(CS)c(Cl)c1. The van der Waals surface area contributed by atoms with Crippen LogP contribution < -0.4 is 16.0 Å². The Kier molecular flexibility index (Phi) is 14.1. The molecule has 1 atom stereocenters. The Bertz CT molecular complexity index is 935. The number of anilines is 1. The number of carbonyl (C=O) groups is 5. The molecule has 0 saturated heterocycles. The molecule has 3 N–H and O–H groups in total. The maximum atomic E-state index is 12.3. The van der Waals surface area contributed by atoms with Gasteiger partial charge in [-0.2, -0.15) is 12.6 Å². The van der Waals surface area contributed by atoms with Crippen molar-refractivity contribution in [2.75, 3.05) is 25.5 Å². The van der Waals surface area contributed by atoms with E-state index < -0.39 is 17.9 Å². The van der Waals surface area contributed by atoms with Crippen LogP contribution in [0.25, 0.3) is 0 Å². The van der Waals surface area contributed by atoms with Gasteiger partial charge >= 0.3 is 0 Å². The summed E-state index contributed by atoms with van der Waals surface area (Å²) in [5.74, 6) is -1.18. The molecule has 0 spiro atoms. The first-order valence-corrected chi connectivity index (χ1v) is 12.3. The lowest BCUT2D eigenvalue weighted by Crippen LogP contribution is -2.45. The number of benzene rings is 1. The van der Waals surface area contributed by atoms with E-state index in [1.54, 1.807) is 19.2 Å². The zero-order valence-corrected chi connectivity index (χ0v) is 22.0. The number of allylic oxidation sites excluding steroid dienone is 1. The minimum Gasteiger partial charge on any atom is -0.347 e. The van der Waals surface area contributed by atoms with E-state index in [-0.39, 0.29) is 24.8 Å². The molecule has 0 fully saturated rings. The van der Waals surface area contributed by atoms with E-state index >= 15 is 0 Å². The van der Waals surface area contributed by atoms with Crippen molar-refractivity contribution in [3.05, 3.63) is 39.9 Å². The number of halogens is 2. The Morgan fingerprint density at radius 3 is 2.34 bits per heavy atom. The van der Waals surface area contributed by atoms with Crippen molar-refractivity contribution in [1.29, 1.82) is 0 Å². The van der Waals surface area contributed by atoms with Crippen molar-refractivity contribution < 1.29 is 24.0 Å². The zero-order valence-electron chi connectivity index (χ0n) is 19.6. The third-order valence-electron chi connectivity index (χ3n) is 4.87. The highest BCUT2D eigenvalue weighted by molar-refractivity contribution is 7.79. The van der Waals surface area contributed by atoms with Crippen LogP contribution in [0.4, 0.5) is 5.69 Å². The highest BCUT2D eigenvalue weighted by atomic mass is 35.5. The standard InChI is InChI=1S/C23H30Cl2N4O5S/c1-15(23(34)28-16-11-18(24)17(14-35)19(25)12-16)27-21(32)13-26-20(31)7-4-3-5-9-29(2)22(33)8-6-10-30/h6,8,10-12,15,35H,3-5,7,9,13-14H2,1-2H3,(H,26,31)(H,27,32)(H,28,34)/b8-6-. The number of rotatable bonds is 14. The van der Waals surface area contributed by atoms with Crippen LogP contribution in [0.3, 0.4) is 0 Å². The molecule has 1 unspecified atom stereocenters. The summed E-state index contributed by atoms with van der Waals surface area (Å²) in [6.45, 7) is 1.76. The first-order chi connectivity index (χ1) is 16.6. The molecule has 0 heterocycles. The van der Waals surface area contributed by atoms with Gasteiger partial charge in [0, 0.05) is 47.6 Å². The van der Waals surface area contributed by atoms with Crippen molar-refractivity contribution in [2.45, 2.75) is 44.4 Å². The van der Waals surface area contributed by atoms with Crippen molar-refractivity contribution in [2.24, 2.45) is 0 Å². The molecule has 0 aromatic heterocycles. The van der Waals surface area contributed by atoms with Gasteiger partial charge in [0.15, 0.2) is 0 Å². The van der Waals surface area contributed by atoms with Crippen LogP contribution in [0, 0.1) is 0 Å². The van der Waals surface area contributed by atoms with Crippen LogP contribution in [-0.4, -0.2) is 61.0 Å². The fourth-order valence-corrected chi connectivity index (χ4v) is 4.02. The van der Waals surface area contributed by atoms with Gasteiger partial charge in [-0.05, 0) is 43.5 Å². The molecule has 1 aromatic carbocycles. The molecule has 0 radical (unpaired) electrons. The maximum Gasteiger partial charge on any atom is 0.246 e. The van der Waals surface area contributed by atoms with Gasteiger partial charge < -0.3 is 20.9 Å². The number of amides is 4. The van der Waals surface area contributed by atoms with Crippen LogP contribution in [0.15, 0.2) is 24.3 Å². The number of hydrogen-bond donors (Lipinski definition) is 4. The summed E-state index contributed by atoms with van der Waals surface area (Å²) in [5.41, 5.74) is 1.04. The lowest BCUT2D eigenvalue weighted by Gasteiger charge is -2.16. The van der Waals surface area contributed by atoms with Gasteiger partial charge in [0.05, 0.1) is 6.54 Å². The average Bonchev–Trinajstić information content (AvgIpc) is 2.80. The van der Waals surface area contributed by atoms with Gasteiger partial charge in [0.25, 0.3) is 0 Å². The van der Waals surface area contributed by atoms with Crippen molar-refractivity contribution in [3.63, 3.8) is 0 Å². The Labute approximate surface area is 220 Å². The minimum absolute atomic E-state index is 0.232. The second kappa shape index (κ2) is 16.2. The second-order valence-corrected chi connectivity index (χ2v) is 8.83. The fraction of sp³-hybridized carbons (Fsp3) is 0.435. The molecule has 0 bridgehead atoms. The molecule has 0 aliphatic heterocycles. The van der Waals surface area contributed by atoms with E-state index in [4.69, 9.17) is 23.2 Å². The Balaban J connectivity index is 2.30. The fourth-order valence-electron chi connectivity index (χ4n) is 2.87. The van der Waals surface area contributed by atoms with E-state index in [9.17, 15) is 24.0 Å². The van der Waals surface area contributed by atoms with E-state index in [1.807, 2.05) is 0 Å². The summed E-state index contributed by atoms with van der Waals surface area (Å²) in [4.78, 5) is 59.7. The number of thiol groups is 1. The van der Waals surface area contributed by atoms with E-state index in [0.29, 0.717) is 52.7 Å². The summed E-state index contributed by atoms with van der Waals surface area (Å²) in [7, 11) is 1.63. The lowest BCUT2D eigenvalue weighted by molar-refractivity contribution is -0.128. The zero-order chi connectivity index (χ0) is 26.4. The third kappa shape index (κ3) is 11.6. The van der Waals surface area contributed by atoms with Gasteiger partial charge in [0.1, 0.15) is 12.3 Å². The smallest absolute Gasteiger partial charge is 0.246 e. The van der Waals surface area contributed by atoms with E-state index in [0.717, 1.165) is 12.5 Å². The second-order valence-electron chi connectivity index (χ2n) is 7.70. The molecule has 12 heteroatoms. The van der Waals surface area contributed by atoms with Crippen LogP contribution in [-0.2, 0) is 29.7 Å². The van der Waals surface area contributed by atoms with Crippen molar-refractivity contribution in [3.8, 4) is 0 Å². The number of nitrogens with one attached hydrogen (secondary N) is 3. The molecule has 0 saturated carbocycles. The van der Waals surface area contributed by atoms with Crippen LogP contribution >= 0.6 is 35.8 Å². The Morgan fingerprint density at radius 2 is 1.74 bits per heavy atom. The highest BCUT2D eigenvalue weighted by Gasteiger charge is 2.17. The summed E-state index contributed by atoms with van der Waals surface area (Å²) < 4.78 is 0. The number of nitrogens with zero attached hydrogens (tertiary/aromatic N) is 1. The predicted octanol–water partition coefficient (Wildman–Crippen LogP) is 2.76.